The van der Waals surface area contributed by atoms with Crippen molar-refractivity contribution in [2.75, 3.05) is 13.2 Å². The summed E-state index contributed by atoms with van der Waals surface area (Å²) >= 11 is 0. The van der Waals surface area contributed by atoms with Crippen molar-refractivity contribution < 1.29 is 9.47 Å². The monoisotopic (exact) mass is 258 g/mol. The van der Waals surface area contributed by atoms with Gasteiger partial charge in [-0.2, -0.15) is 0 Å². The molecule has 0 N–H and O–H groups in total. The molecule has 0 aliphatic carbocycles. The lowest BCUT2D eigenvalue weighted by atomic mass is 10.0. The largest absolute Gasteiger partial charge is 0.490 e. The van der Waals surface area contributed by atoms with Gasteiger partial charge in [-0.05, 0) is 25.5 Å². The Kier molecular flexibility index (Phi) is 6.69. The van der Waals surface area contributed by atoms with Crippen LogP contribution in [0.5, 0.6) is 0 Å². The molecule has 1 heterocycles. The average molecular weight is 258 g/mol. The summed E-state index contributed by atoms with van der Waals surface area (Å²) in [6, 6.07) is 0. The molecule has 2 heteroatoms. The van der Waals surface area contributed by atoms with Gasteiger partial charge in [-0.3, -0.25) is 0 Å². The Hall–Kier alpha value is -1.80. The van der Waals surface area contributed by atoms with Crippen LogP contribution in [0.25, 0.3) is 0 Å². The molecule has 0 aromatic carbocycles. The Morgan fingerprint density at radius 2 is 1.95 bits per heavy atom. The van der Waals surface area contributed by atoms with Crippen LogP contribution in [0.2, 0.25) is 0 Å². The van der Waals surface area contributed by atoms with Crippen molar-refractivity contribution in [2.24, 2.45) is 0 Å². The lowest BCUT2D eigenvalue weighted by Gasteiger charge is -2.14. The van der Waals surface area contributed by atoms with Crippen molar-refractivity contribution in [1.82, 2.24) is 0 Å². The lowest BCUT2D eigenvalue weighted by Crippen LogP contribution is -2.04. The molecule has 1 unspecified atom stereocenters. The Balaban J connectivity index is 2.94. The molecule has 102 valence electrons. The second-order valence-electron chi connectivity index (χ2n) is 4.09. The van der Waals surface area contributed by atoms with Gasteiger partial charge in [0.25, 0.3) is 0 Å². The summed E-state index contributed by atoms with van der Waals surface area (Å²) in [7, 11) is 0. The van der Waals surface area contributed by atoms with Gasteiger partial charge in [0.1, 0.15) is 18.5 Å². The van der Waals surface area contributed by atoms with Crippen LogP contribution in [0.4, 0.5) is 0 Å². The molecule has 1 atom stereocenters. The molecule has 1 aliphatic heterocycles. The van der Waals surface area contributed by atoms with Crippen LogP contribution < -0.4 is 0 Å². The van der Waals surface area contributed by atoms with Gasteiger partial charge in [0.15, 0.2) is 0 Å². The van der Waals surface area contributed by atoms with E-state index in [2.05, 4.69) is 13.2 Å². The maximum absolute atomic E-state index is 5.81. The summed E-state index contributed by atoms with van der Waals surface area (Å²) < 4.78 is 11.0. The van der Waals surface area contributed by atoms with Crippen LogP contribution in [0.15, 0.2) is 72.6 Å². The molecule has 19 heavy (non-hydrogen) atoms. The normalized spacial score (nSPS) is 20.5. The minimum atomic E-state index is 0.244. The van der Waals surface area contributed by atoms with Crippen molar-refractivity contribution in [3.05, 3.63) is 72.6 Å². The fourth-order valence-electron chi connectivity index (χ4n) is 1.64. The number of rotatable bonds is 8. The molecule has 1 aliphatic rings. The SMILES string of the molecule is C=C/C=C(/C=C\C)C(=C/C=C)\C(=C/C)OCC1CO1. The van der Waals surface area contributed by atoms with E-state index in [-0.39, 0.29) is 6.10 Å². The highest BCUT2D eigenvalue weighted by atomic mass is 16.6. The van der Waals surface area contributed by atoms with Crippen molar-refractivity contribution >= 4 is 0 Å². The highest BCUT2D eigenvalue weighted by Gasteiger charge is 2.24. The molecule has 0 saturated carbocycles. The number of ether oxygens (including phenoxy) is 2. The number of hydrogen-bond acceptors (Lipinski definition) is 2. The van der Waals surface area contributed by atoms with Crippen molar-refractivity contribution in [3.63, 3.8) is 0 Å². The third-order valence-corrected chi connectivity index (χ3v) is 2.59. The minimum Gasteiger partial charge on any atom is -0.490 e. The van der Waals surface area contributed by atoms with E-state index >= 15 is 0 Å². The van der Waals surface area contributed by atoms with E-state index in [1.165, 1.54) is 0 Å². The molecule has 1 rings (SSSR count). The predicted octanol–water partition coefficient (Wildman–Crippen LogP) is 4.11. The van der Waals surface area contributed by atoms with Crippen LogP contribution >= 0.6 is 0 Å². The first-order chi connectivity index (χ1) is 9.26. The Labute approximate surface area is 116 Å². The van der Waals surface area contributed by atoms with E-state index in [9.17, 15) is 0 Å². The molecule has 0 amide bonds. The second-order valence-corrected chi connectivity index (χ2v) is 4.09. The van der Waals surface area contributed by atoms with Gasteiger partial charge in [0.05, 0.1) is 6.61 Å². The van der Waals surface area contributed by atoms with Crippen molar-refractivity contribution in [2.45, 2.75) is 20.0 Å². The third-order valence-electron chi connectivity index (χ3n) is 2.59. The van der Waals surface area contributed by atoms with E-state index in [0.717, 1.165) is 23.5 Å². The number of allylic oxidation sites excluding steroid dienone is 8. The van der Waals surface area contributed by atoms with Gasteiger partial charge in [-0.25, -0.2) is 0 Å². The number of hydrogen-bond donors (Lipinski definition) is 0. The Morgan fingerprint density at radius 3 is 2.42 bits per heavy atom. The zero-order valence-electron chi connectivity index (χ0n) is 11.8. The van der Waals surface area contributed by atoms with Crippen LogP contribution in [0.1, 0.15) is 13.8 Å². The first-order valence-corrected chi connectivity index (χ1v) is 6.46. The molecule has 0 bridgehead atoms. The maximum Gasteiger partial charge on any atom is 0.123 e. The van der Waals surface area contributed by atoms with Gasteiger partial charge in [-0.15, -0.1) is 0 Å². The molecule has 0 radical (unpaired) electrons. The molecule has 1 fully saturated rings. The molecular weight excluding hydrogens is 236 g/mol. The average Bonchev–Trinajstić information content (AvgIpc) is 3.22. The highest BCUT2D eigenvalue weighted by Crippen LogP contribution is 2.24. The zero-order chi connectivity index (χ0) is 14.1. The van der Waals surface area contributed by atoms with Gasteiger partial charge in [-0.1, -0.05) is 49.6 Å². The summed E-state index contributed by atoms with van der Waals surface area (Å²) in [5.41, 5.74) is 2.04. The summed E-state index contributed by atoms with van der Waals surface area (Å²) in [6.07, 6.45) is 13.6. The van der Waals surface area contributed by atoms with Crippen LogP contribution in [-0.2, 0) is 9.47 Å². The van der Waals surface area contributed by atoms with E-state index in [1.54, 1.807) is 12.2 Å². The van der Waals surface area contributed by atoms with Crippen molar-refractivity contribution in [1.29, 1.82) is 0 Å². The van der Waals surface area contributed by atoms with E-state index in [0.29, 0.717) is 6.61 Å². The quantitative estimate of drug-likeness (QED) is 0.371. The third kappa shape index (κ3) is 5.14. The summed E-state index contributed by atoms with van der Waals surface area (Å²) in [5.74, 6) is 0.835. The van der Waals surface area contributed by atoms with E-state index in [4.69, 9.17) is 9.47 Å². The molecular formula is C17H22O2. The lowest BCUT2D eigenvalue weighted by molar-refractivity contribution is 0.190. The fraction of sp³-hybridized carbons (Fsp3) is 0.294. The smallest absolute Gasteiger partial charge is 0.123 e. The Bertz CT molecular complexity index is 432. The minimum absolute atomic E-state index is 0.244. The van der Waals surface area contributed by atoms with Gasteiger partial charge < -0.3 is 9.47 Å². The summed E-state index contributed by atoms with van der Waals surface area (Å²) in [5, 5.41) is 0. The maximum atomic E-state index is 5.81. The van der Waals surface area contributed by atoms with Gasteiger partial charge in [0.2, 0.25) is 0 Å². The van der Waals surface area contributed by atoms with Crippen LogP contribution in [0, 0.1) is 0 Å². The first kappa shape index (κ1) is 15.3. The van der Waals surface area contributed by atoms with Crippen LogP contribution in [-0.4, -0.2) is 19.3 Å². The van der Waals surface area contributed by atoms with Gasteiger partial charge in [0, 0.05) is 5.57 Å². The molecule has 0 aromatic rings. The second kappa shape index (κ2) is 8.33. The summed E-state index contributed by atoms with van der Waals surface area (Å²) in [6.45, 7) is 12.8. The number of epoxide rings is 1. The standard InChI is InChI=1S/C17H22O2/c1-5-9-14(10-6-2)16(11-7-3)17(8-4)19-13-15-12-18-15/h5-11,15H,1,3,12-13H2,2,4H3/b10-6-,14-9-,16-11+,17-8+. The van der Waals surface area contributed by atoms with Gasteiger partial charge >= 0.3 is 0 Å². The predicted molar refractivity (Wildman–Crippen MR) is 80.8 cm³/mol. The fourth-order valence-corrected chi connectivity index (χ4v) is 1.64. The van der Waals surface area contributed by atoms with E-state index < -0.39 is 0 Å². The topological polar surface area (TPSA) is 21.8 Å². The molecule has 0 aromatic heterocycles. The first-order valence-electron chi connectivity index (χ1n) is 6.46. The highest BCUT2D eigenvalue weighted by molar-refractivity contribution is 5.51. The zero-order valence-corrected chi connectivity index (χ0v) is 11.8. The van der Waals surface area contributed by atoms with E-state index in [1.807, 2.05) is 44.2 Å². The molecule has 1 saturated heterocycles. The molecule has 0 spiro atoms. The van der Waals surface area contributed by atoms with Crippen LogP contribution in [0.3, 0.4) is 0 Å². The van der Waals surface area contributed by atoms with Crippen molar-refractivity contribution in [3.8, 4) is 0 Å². The molecule has 2 nitrogen and oxygen atoms in total. The summed E-state index contributed by atoms with van der Waals surface area (Å²) in [4.78, 5) is 0. The Morgan fingerprint density at radius 1 is 1.26 bits per heavy atom.